The Bertz CT molecular complexity index is 1150. The Morgan fingerprint density at radius 1 is 0.971 bits per heavy atom. The van der Waals surface area contributed by atoms with E-state index in [1.807, 2.05) is 6.07 Å². The van der Waals surface area contributed by atoms with Crippen molar-refractivity contribution in [3.05, 3.63) is 28.5 Å². The Balaban J connectivity index is 1.63. The highest BCUT2D eigenvalue weighted by Crippen LogP contribution is 2.56. The van der Waals surface area contributed by atoms with Crippen LogP contribution in [-0.4, -0.2) is 39.1 Å². The van der Waals surface area contributed by atoms with Crippen LogP contribution >= 0.6 is 11.6 Å². The molecule has 0 aromatic carbocycles. The van der Waals surface area contributed by atoms with Crippen molar-refractivity contribution in [2.24, 2.45) is 11.8 Å². The van der Waals surface area contributed by atoms with E-state index in [0.29, 0.717) is 54.9 Å². The van der Waals surface area contributed by atoms with Crippen LogP contribution in [0.1, 0.15) is 76.6 Å². The Morgan fingerprint density at radius 3 is 2.03 bits per heavy atom. The molecule has 4 fully saturated rings. The molecule has 0 saturated carbocycles. The summed E-state index contributed by atoms with van der Waals surface area (Å²) in [6.45, 7) is 2.75. The lowest BCUT2D eigenvalue weighted by Crippen LogP contribution is -2.53. The monoisotopic (exact) mass is 497 g/mol. The van der Waals surface area contributed by atoms with Crippen LogP contribution < -0.4 is 0 Å². The number of nitrogens with zero attached hydrogens (tertiary/aromatic N) is 5. The van der Waals surface area contributed by atoms with Crippen molar-refractivity contribution in [1.82, 2.24) is 15.1 Å². The molecule has 4 saturated heterocycles. The van der Waals surface area contributed by atoms with E-state index in [2.05, 4.69) is 12.1 Å². The first-order chi connectivity index (χ1) is 16.7. The van der Waals surface area contributed by atoms with Gasteiger partial charge in [0.2, 0.25) is 0 Å². The van der Waals surface area contributed by atoms with Crippen LogP contribution in [0.25, 0.3) is 0 Å². The third kappa shape index (κ3) is 3.78. The molecule has 0 N–H and O–H groups in total. The summed E-state index contributed by atoms with van der Waals surface area (Å²) < 4.78 is 0. The van der Waals surface area contributed by atoms with Crippen LogP contribution in [0.5, 0.6) is 0 Å². The highest BCUT2D eigenvalue weighted by Gasteiger charge is 2.59. The first kappa shape index (κ1) is 24.0. The normalized spacial score (nSPS) is 36.3. The maximum absolute atomic E-state index is 12.0. The number of piperidine rings is 2. The van der Waals surface area contributed by atoms with Crippen molar-refractivity contribution < 1.29 is 19.3 Å². The number of aromatic nitrogens is 1. The molecule has 1 aromatic rings. The van der Waals surface area contributed by atoms with E-state index < -0.39 is 23.0 Å². The highest BCUT2D eigenvalue weighted by atomic mass is 35.5. The van der Waals surface area contributed by atoms with E-state index >= 15 is 0 Å². The predicted molar refractivity (Wildman–Crippen MR) is 123 cm³/mol. The molecule has 35 heavy (non-hydrogen) atoms. The van der Waals surface area contributed by atoms with Crippen LogP contribution in [0.4, 0.5) is 0 Å². The van der Waals surface area contributed by atoms with Gasteiger partial charge in [0.1, 0.15) is 11.1 Å². The number of pyridine rings is 1. The topological polar surface area (TPSA) is 120 Å². The number of halogens is 1. The van der Waals surface area contributed by atoms with Crippen LogP contribution in [0.2, 0.25) is 5.02 Å². The van der Waals surface area contributed by atoms with Gasteiger partial charge in [0.25, 0.3) is 0 Å². The molecule has 10 heteroatoms. The first-order valence-corrected chi connectivity index (χ1v) is 12.5. The summed E-state index contributed by atoms with van der Waals surface area (Å²) in [5.41, 5.74) is -0.300. The number of rotatable bonds is 4. The van der Waals surface area contributed by atoms with Crippen LogP contribution in [0.3, 0.4) is 0 Å². The van der Waals surface area contributed by atoms with E-state index in [4.69, 9.17) is 26.3 Å². The lowest BCUT2D eigenvalue weighted by molar-refractivity contribution is -0.240. The third-order valence-electron chi connectivity index (χ3n) is 8.15. The molecule has 4 aliphatic heterocycles. The maximum atomic E-state index is 12.0. The van der Waals surface area contributed by atoms with Gasteiger partial charge in [-0.15, -0.1) is 10.1 Å². The average molecular weight is 498 g/mol. The zero-order valence-electron chi connectivity index (χ0n) is 19.9. The first-order valence-electron chi connectivity index (χ1n) is 12.1. The molecular weight excluding hydrogens is 470 g/mol. The van der Waals surface area contributed by atoms with Crippen molar-refractivity contribution in [3.8, 4) is 12.1 Å². The number of carbonyl (C=O) groups excluding carboxylic acids is 2. The van der Waals surface area contributed by atoms with Gasteiger partial charge in [-0.1, -0.05) is 11.6 Å². The fraction of sp³-hybridized carbons (Fsp3) is 0.640. The standard InChI is InChI=1S/C25H28ClN5O4/c1-15(32)34-30-19-5-7-24(30,11-17(9-19)13-27)22-4-3-21(26)23(29-22)25-8-6-20(10-18(12-25)14-28)31(25)35-16(2)33/h3-4,17-20H,5-12H2,1-2H3. The zero-order valence-corrected chi connectivity index (χ0v) is 20.6. The summed E-state index contributed by atoms with van der Waals surface area (Å²) in [7, 11) is 0. The van der Waals surface area contributed by atoms with Crippen molar-refractivity contribution >= 4 is 23.5 Å². The highest BCUT2D eigenvalue weighted by molar-refractivity contribution is 6.31. The van der Waals surface area contributed by atoms with Crippen molar-refractivity contribution in [2.75, 3.05) is 0 Å². The van der Waals surface area contributed by atoms with E-state index in [-0.39, 0.29) is 23.9 Å². The number of hydrogen-bond acceptors (Lipinski definition) is 9. The summed E-state index contributed by atoms with van der Waals surface area (Å²) in [4.78, 5) is 40.5. The fourth-order valence-electron chi connectivity index (χ4n) is 6.90. The summed E-state index contributed by atoms with van der Waals surface area (Å²) in [6, 6.07) is 8.30. The molecule has 184 valence electrons. The average Bonchev–Trinajstić information content (AvgIpc) is 3.14. The second-order valence-corrected chi connectivity index (χ2v) is 10.7. The predicted octanol–water partition coefficient (Wildman–Crippen LogP) is 3.88. The van der Waals surface area contributed by atoms with Crippen molar-refractivity contribution in [1.29, 1.82) is 10.5 Å². The largest absolute Gasteiger partial charge is 0.367 e. The molecule has 4 bridgehead atoms. The van der Waals surface area contributed by atoms with E-state index in [9.17, 15) is 20.1 Å². The number of nitriles is 2. The second-order valence-electron chi connectivity index (χ2n) is 10.3. The minimum Gasteiger partial charge on any atom is -0.367 e. The lowest BCUT2D eigenvalue weighted by Gasteiger charge is -2.46. The third-order valence-corrected chi connectivity index (χ3v) is 8.46. The molecule has 5 rings (SSSR count). The summed E-state index contributed by atoms with van der Waals surface area (Å²) in [5.74, 6) is -1.22. The molecule has 4 aliphatic rings. The molecule has 0 spiro atoms. The molecule has 6 unspecified atom stereocenters. The fourth-order valence-corrected chi connectivity index (χ4v) is 7.19. The number of hydroxylamine groups is 4. The summed E-state index contributed by atoms with van der Waals surface area (Å²) >= 11 is 6.76. The minimum atomic E-state index is -0.813. The van der Waals surface area contributed by atoms with Gasteiger partial charge in [-0.05, 0) is 63.5 Å². The van der Waals surface area contributed by atoms with Gasteiger partial charge >= 0.3 is 11.9 Å². The summed E-state index contributed by atoms with van der Waals surface area (Å²) in [6.07, 6.45) is 5.11. The summed E-state index contributed by atoms with van der Waals surface area (Å²) in [5, 5.41) is 23.4. The molecular formula is C25H28ClN5O4. The lowest BCUT2D eigenvalue weighted by atomic mass is 9.78. The second kappa shape index (κ2) is 8.74. The van der Waals surface area contributed by atoms with Gasteiger partial charge < -0.3 is 9.68 Å². The number of hydrogen-bond donors (Lipinski definition) is 0. The van der Waals surface area contributed by atoms with Gasteiger partial charge in [-0.2, -0.15) is 10.5 Å². The van der Waals surface area contributed by atoms with Gasteiger partial charge in [-0.25, -0.2) is 0 Å². The van der Waals surface area contributed by atoms with E-state index in [1.54, 1.807) is 16.2 Å². The van der Waals surface area contributed by atoms with Gasteiger partial charge in [-0.3, -0.25) is 14.6 Å². The number of fused-ring (bicyclic) bond motifs is 4. The van der Waals surface area contributed by atoms with Crippen LogP contribution in [0.15, 0.2) is 12.1 Å². The molecule has 6 atom stereocenters. The minimum absolute atomic E-state index is 0.0533. The number of carbonyl (C=O) groups is 2. The molecule has 0 aliphatic carbocycles. The smallest absolute Gasteiger partial charge is 0.322 e. The zero-order chi connectivity index (χ0) is 25.0. The SMILES string of the molecule is CC(=O)ON1C2CCC1(c1ccc(Cl)c(C34CCC(CC(C#N)C3)N4OC(C)=O)n1)CC(C#N)C2. The van der Waals surface area contributed by atoms with Crippen LogP contribution in [0, 0.1) is 34.5 Å². The molecule has 9 nitrogen and oxygen atoms in total. The van der Waals surface area contributed by atoms with E-state index in [1.165, 1.54) is 13.8 Å². The Morgan fingerprint density at radius 2 is 1.49 bits per heavy atom. The van der Waals surface area contributed by atoms with Gasteiger partial charge in [0.15, 0.2) is 0 Å². The molecule has 0 radical (unpaired) electrons. The molecule has 0 amide bonds. The maximum Gasteiger partial charge on any atom is 0.322 e. The Kier molecular flexibility index (Phi) is 5.99. The van der Waals surface area contributed by atoms with Crippen LogP contribution in [-0.2, 0) is 30.3 Å². The van der Waals surface area contributed by atoms with Gasteiger partial charge in [0.05, 0.1) is 40.4 Å². The van der Waals surface area contributed by atoms with Gasteiger partial charge in [0, 0.05) is 25.9 Å². The van der Waals surface area contributed by atoms with E-state index in [0.717, 1.165) is 12.8 Å². The molecule has 1 aromatic heterocycles. The quantitative estimate of drug-likeness (QED) is 0.610. The Hall–Kier alpha value is -2.72. The van der Waals surface area contributed by atoms with Crippen molar-refractivity contribution in [2.45, 2.75) is 88.4 Å². The van der Waals surface area contributed by atoms with Crippen molar-refractivity contribution in [3.63, 3.8) is 0 Å². The Labute approximate surface area is 209 Å². The molecule has 5 heterocycles.